The van der Waals surface area contributed by atoms with E-state index in [1.165, 1.54) is 5.56 Å². The second-order valence-electron chi connectivity index (χ2n) is 6.21. The summed E-state index contributed by atoms with van der Waals surface area (Å²) in [4.78, 5) is 0.168. The van der Waals surface area contributed by atoms with Crippen LogP contribution in [0.4, 0.5) is 0 Å². The summed E-state index contributed by atoms with van der Waals surface area (Å²) in [6.45, 7) is 6.18. The molecule has 2 atom stereocenters. The van der Waals surface area contributed by atoms with Gasteiger partial charge in [0, 0.05) is 6.04 Å². The summed E-state index contributed by atoms with van der Waals surface area (Å²) in [7, 11) is -3.68. The van der Waals surface area contributed by atoms with E-state index < -0.39 is 10.0 Å². The first-order valence-corrected chi connectivity index (χ1v) is 10.5. The van der Waals surface area contributed by atoms with Crippen LogP contribution in [-0.2, 0) is 10.0 Å². The van der Waals surface area contributed by atoms with Crippen LogP contribution in [0.1, 0.15) is 50.3 Å². The molecule has 0 aliphatic rings. The lowest BCUT2D eigenvalue weighted by Crippen LogP contribution is -2.27. The first kappa shape index (κ1) is 18.0. The summed E-state index contributed by atoms with van der Waals surface area (Å²) in [6, 6.07) is 12.8. The van der Waals surface area contributed by atoms with Crippen LogP contribution in [0.15, 0.2) is 47.4 Å². The lowest BCUT2D eigenvalue weighted by molar-refractivity contribution is 0.567. The van der Waals surface area contributed by atoms with Crippen molar-refractivity contribution in [3.63, 3.8) is 0 Å². The van der Waals surface area contributed by atoms with Gasteiger partial charge in [0.15, 0.2) is 0 Å². The van der Waals surface area contributed by atoms with Crippen molar-refractivity contribution in [1.29, 1.82) is 0 Å². The monoisotopic (exact) mass is 375 g/mol. The van der Waals surface area contributed by atoms with Crippen molar-refractivity contribution in [3.05, 3.63) is 53.6 Å². The topological polar surface area (TPSA) is 72.0 Å². The Hall–Kier alpha value is -1.83. The van der Waals surface area contributed by atoms with Gasteiger partial charge in [-0.1, -0.05) is 44.2 Å². The summed E-state index contributed by atoms with van der Waals surface area (Å²) < 4.78 is 36.5. The van der Waals surface area contributed by atoms with Crippen molar-refractivity contribution < 1.29 is 8.42 Å². The average molecular weight is 376 g/mol. The summed E-state index contributed by atoms with van der Waals surface area (Å²) in [5.74, 6) is 0.496. The SMILES string of the molecule is CCC(C)c1ccc(C(C)NS(=O)(=O)c2cccc3nsnc23)cc1. The molecule has 0 aliphatic carbocycles. The Morgan fingerprint density at radius 1 is 1.04 bits per heavy atom. The molecular weight excluding hydrogens is 354 g/mol. The molecule has 0 spiro atoms. The number of nitrogens with one attached hydrogen (secondary N) is 1. The van der Waals surface area contributed by atoms with Gasteiger partial charge in [0.25, 0.3) is 0 Å². The van der Waals surface area contributed by atoms with E-state index >= 15 is 0 Å². The standard InChI is InChI=1S/C18H21N3O2S2/c1-4-12(2)14-8-10-15(11-9-14)13(3)21-25(22,23)17-7-5-6-16-18(17)20-24-19-16/h5-13,21H,4H2,1-3H3. The van der Waals surface area contributed by atoms with Crippen molar-refractivity contribution in [2.75, 3.05) is 0 Å². The molecule has 1 N–H and O–H groups in total. The van der Waals surface area contributed by atoms with Gasteiger partial charge in [-0.15, -0.1) is 0 Å². The molecule has 2 aromatic carbocycles. The number of fused-ring (bicyclic) bond motifs is 1. The highest BCUT2D eigenvalue weighted by atomic mass is 32.2. The van der Waals surface area contributed by atoms with E-state index in [1.807, 2.05) is 19.1 Å². The smallest absolute Gasteiger partial charge is 0.207 e. The predicted octanol–water partition coefficient (Wildman–Crippen LogP) is 4.24. The fourth-order valence-corrected chi connectivity index (χ4v) is 4.71. The Kier molecular flexibility index (Phi) is 5.17. The Morgan fingerprint density at radius 3 is 2.40 bits per heavy atom. The molecule has 1 heterocycles. The molecule has 0 saturated heterocycles. The Bertz CT molecular complexity index is 965. The highest BCUT2D eigenvalue weighted by molar-refractivity contribution is 7.89. The molecule has 3 aromatic rings. The summed E-state index contributed by atoms with van der Waals surface area (Å²) in [6.07, 6.45) is 1.08. The Labute approximate surface area is 152 Å². The average Bonchev–Trinajstić information content (AvgIpc) is 3.09. The third-order valence-corrected chi connectivity index (χ3v) is 6.60. The number of hydrogen-bond donors (Lipinski definition) is 1. The van der Waals surface area contributed by atoms with E-state index in [9.17, 15) is 8.42 Å². The number of benzene rings is 2. The Balaban J connectivity index is 1.84. The summed E-state index contributed by atoms with van der Waals surface area (Å²) in [5.41, 5.74) is 3.21. The van der Waals surface area contributed by atoms with Crippen molar-refractivity contribution in [2.45, 2.75) is 44.0 Å². The minimum atomic E-state index is -3.68. The highest BCUT2D eigenvalue weighted by Gasteiger charge is 2.22. The van der Waals surface area contributed by atoms with Crippen molar-refractivity contribution in [2.24, 2.45) is 0 Å². The van der Waals surface area contributed by atoms with E-state index in [2.05, 4.69) is 39.4 Å². The summed E-state index contributed by atoms with van der Waals surface area (Å²) >= 11 is 1.01. The van der Waals surface area contributed by atoms with Crippen LogP contribution in [0.3, 0.4) is 0 Å². The van der Waals surface area contributed by atoms with Crippen LogP contribution in [0.2, 0.25) is 0 Å². The maximum atomic E-state index is 12.8. The molecule has 0 aliphatic heterocycles. The number of nitrogens with zero attached hydrogens (tertiary/aromatic N) is 2. The van der Waals surface area contributed by atoms with Crippen molar-refractivity contribution in [3.8, 4) is 0 Å². The maximum Gasteiger partial charge on any atom is 0.243 e. The largest absolute Gasteiger partial charge is 0.243 e. The van der Waals surface area contributed by atoms with Crippen LogP contribution in [0.5, 0.6) is 0 Å². The molecule has 5 nitrogen and oxygen atoms in total. The van der Waals surface area contributed by atoms with Crippen molar-refractivity contribution in [1.82, 2.24) is 13.5 Å². The quantitative estimate of drug-likeness (QED) is 0.699. The minimum absolute atomic E-state index is 0.168. The number of rotatable bonds is 6. The van der Waals surface area contributed by atoms with E-state index in [1.54, 1.807) is 18.2 Å². The highest BCUT2D eigenvalue weighted by Crippen LogP contribution is 2.25. The molecule has 7 heteroatoms. The first-order valence-electron chi connectivity index (χ1n) is 8.26. The van der Waals surface area contributed by atoms with Crippen LogP contribution in [-0.4, -0.2) is 17.2 Å². The molecule has 2 unspecified atom stereocenters. The number of hydrogen-bond acceptors (Lipinski definition) is 5. The normalized spacial score (nSPS) is 14.5. The minimum Gasteiger partial charge on any atom is -0.207 e. The summed E-state index contributed by atoms with van der Waals surface area (Å²) in [5, 5.41) is 0. The molecule has 132 valence electrons. The van der Waals surface area contributed by atoms with Gasteiger partial charge in [-0.3, -0.25) is 0 Å². The third kappa shape index (κ3) is 3.73. The van der Waals surface area contributed by atoms with E-state index in [4.69, 9.17) is 0 Å². The molecule has 3 rings (SSSR count). The van der Waals surface area contributed by atoms with E-state index in [-0.39, 0.29) is 10.9 Å². The van der Waals surface area contributed by atoms with Gasteiger partial charge in [-0.05, 0) is 42.5 Å². The van der Waals surface area contributed by atoms with Crippen LogP contribution >= 0.6 is 11.7 Å². The van der Waals surface area contributed by atoms with E-state index in [0.717, 1.165) is 23.7 Å². The Morgan fingerprint density at radius 2 is 1.72 bits per heavy atom. The molecule has 0 saturated carbocycles. The van der Waals surface area contributed by atoms with Gasteiger partial charge in [0.2, 0.25) is 10.0 Å². The maximum absolute atomic E-state index is 12.8. The lowest BCUT2D eigenvalue weighted by Gasteiger charge is -2.16. The number of aromatic nitrogens is 2. The molecule has 0 amide bonds. The van der Waals surface area contributed by atoms with E-state index in [0.29, 0.717) is 17.0 Å². The zero-order valence-electron chi connectivity index (χ0n) is 14.4. The van der Waals surface area contributed by atoms with Crippen LogP contribution in [0, 0.1) is 0 Å². The molecule has 0 radical (unpaired) electrons. The fourth-order valence-electron chi connectivity index (χ4n) is 2.71. The van der Waals surface area contributed by atoms with Crippen LogP contribution in [0.25, 0.3) is 11.0 Å². The van der Waals surface area contributed by atoms with Crippen molar-refractivity contribution >= 4 is 32.8 Å². The number of sulfonamides is 1. The van der Waals surface area contributed by atoms with Gasteiger partial charge in [0.1, 0.15) is 15.9 Å². The van der Waals surface area contributed by atoms with Gasteiger partial charge in [0.05, 0.1) is 11.7 Å². The van der Waals surface area contributed by atoms with Crippen LogP contribution < -0.4 is 4.72 Å². The van der Waals surface area contributed by atoms with Gasteiger partial charge < -0.3 is 0 Å². The lowest BCUT2D eigenvalue weighted by atomic mass is 9.96. The fraction of sp³-hybridized carbons (Fsp3) is 0.333. The van der Waals surface area contributed by atoms with Gasteiger partial charge in [-0.2, -0.15) is 8.75 Å². The van der Waals surface area contributed by atoms with Gasteiger partial charge >= 0.3 is 0 Å². The first-order chi connectivity index (χ1) is 11.9. The molecule has 0 fully saturated rings. The van der Waals surface area contributed by atoms with Gasteiger partial charge in [-0.25, -0.2) is 13.1 Å². The molecule has 25 heavy (non-hydrogen) atoms. The molecule has 0 bridgehead atoms. The second kappa shape index (κ2) is 7.19. The third-order valence-electron chi connectivity index (χ3n) is 4.49. The molecule has 1 aromatic heterocycles. The molecular formula is C18H21N3O2S2. The second-order valence-corrected chi connectivity index (χ2v) is 8.42. The predicted molar refractivity (Wildman–Crippen MR) is 101 cm³/mol. The zero-order chi connectivity index (χ0) is 18.0. The zero-order valence-corrected chi connectivity index (χ0v) is 16.1.